The highest BCUT2D eigenvalue weighted by Gasteiger charge is 2.14. The van der Waals surface area contributed by atoms with Crippen molar-refractivity contribution in [3.05, 3.63) is 24.3 Å². The Morgan fingerprint density at radius 2 is 2.00 bits per heavy atom. The van der Waals surface area contributed by atoms with Crippen LogP contribution in [-0.2, 0) is 14.3 Å². The molecule has 0 aromatic heterocycles. The molecule has 4 heteroatoms. The number of carbonyl (C=O) groups excluding carboxylic acids is 2. The van der Waals surface area contributed by atoms with Gasteiger partial charge in [0.05, 0.1) is 6.61 Å². The Hall–Kier alpha value is -1.58. The first-order valence-corrected chi connectivity index (χ1v) is 5.21. The molecule has 16 heavy (non-hydrogen) atoms. The van der Waals surface area contributed by atoms with Gasteiger partial charge in [0.15, 0.2) is 0 Å². The van der Waals surface area contributed by atoms with E-state index in [1.54, 1.807) is 13.0 Å². The second kappa shape index (κ2) is 7.68. The summed E-state index contributed by atoms with van der Waals surface area (Å²) in [6, 6.07) is 0. The summed E-state index contributed by atoms with van der Waals surface area (Å²) in [5.41, 5.74) is 0.892. The molecule has 0 saturated carbocycles. The van der Waals surface area contributed by atoms with Gasteiger partial charge in [0, 0.05) is 12.6 Å². The first kappa shape index (κ1) is 14.4. The van der Waals surface area contributed by atoms with Crippen LogP contribution in [0.25, 0.3) is 0 Å². The highest BCUT2D eigenvalue weighted by atomic mass is 16.5. The smallest absolute Gasteiger partial charge is 0.325 e. The quantitative estimate of drug-likeness (QED) is 0.391. The molecule has 0 unspecified atom stereocenters. The molecular formula is C12H19NO3. The molecule has 0 fully saturated rings. The van der Waals surface area contributed by atoms with E-state index in [1.807, 2.05) is 13.8 Å². The van der Waals surface area contributed by atoms with Gasteiger partial charge in [-0.15, -0.1) is 6.58 Å². The number of hydrogen-bond donors (Lipinski definition) is 0. The van der Waals surface area contributed by atoms with Crippen LogP contribution >= 0.6 is 0 Å². The van der Waals surface area contributed by atoms with Gasteiger partial charge in [-0.1, -0.05) is 11.6 Å². The van der Waals surface area contributed by atoms with Crippen molar-refractivity contribution in [1.29, 1.82) is 0 Å². The Kier molecular flexibility index (Phi) is 6.92. The maximum Gasteiger partial charge on any atom is 0.325 e. The van der Waals surface area contributed by atoms with Crippen molar-refractivity contribution in [2.75, 3.05) is 19.7 Å². The van der Waals surface area contributed by atoms with Crippen molar-refractivity contribution in [2.24, 2.45) is 0 Å². The molecule has 0 aliphatic heterocycles. The Labute approximate surface area is 96.6 Å². The van der Waals surface area contributed by atoms with Crippen LogP contribution in [0.1, 0.15) is 20.8 Å². The van der Waals surface area contributed by atoms with Crippen LogP contribution in [0.5, 0.6) is 0 Å². The summed E-state index contributed by atoms with van der Waals surface area (Å²) in [5.74, 6) is -0.604. The minimum Gasteiger partial charge on any atom is -0.465 e. The molecule has 0 aliphatic rings. The topological polar surface area (TPSA) is 46.6 Å². The lowest BCUT2D eigenvalue weighted by Crippen LogP contribution is -2.35. The molecule has 0 aromatic carbocycles. The number of rotatable bonds is 6. The largest absolute Gasteiger partial charge is 0.465 e. The molecule has 0 aromatic rings. The van der Waals surface area contributed by atoms with E-state index in [9.17, 15) is 9.59 Å². The van der Waals surface area contributed by atoms with E-state index in [1.165, 1.54) is 11.0 Å². The van der Waals surface area contributed by atoms with Crippen molar-refractivity contribution in [1.82, 2.24) is 4.90 Å². The molecular weight excluding hydrogens is 206 g/mol. The van der Waals surface area contributed by atoms with Gasteiger partial charge in [-0.2, -0.15) is 0 Å². The summed E-state index contributed by atoms with van der Waals surface area (Å²) in [4.78, 5) is 24.3. The van der Waals surface area contributed by atoms with Gasteiger partial charge in [0.2, 0.25) is 5.91 Å². The first-order valence-electron chi connectivity index (χ1n) is 5.21. The lowest BCUT2D eigenvalue weighted by molar-refractivity contribution is -0.147. The average molecular weight is 225 g/mol. The third-order valence-electron chi connectivity index (χ3n) is 1.70. The minimum atomic E-state index is -0.403. The van der Waals surface area contributed by atoms with Crippen LogP contribution in [0.2, 0.25) is 0 Å². The zero-order valence-electron chi connectivity index (χ0n) is 10.2. The Balaban J connectivity index is 4.48. The standard InChI is InChI=1S/C12H19NO3/c1-5-7-13(9-12(15)16-6-2)11(14)8-10(3)4/h5,8H,1,6-7,9H2,2-4H3. The van der Waals surface area contributed by atoms with Gasteiger partial charge in [0.25, 0.3) is 0 Å². The van der Waals surface area contributed by atoms with Gasteiger partial charge in [-0.05, 0) is 20.8 Å². The number of esters is 1. The number of nitrogens with zero attached hydrogens (tertiary/aromatic N) is 1. The maximum atomic E-state index is 11.7. The van der Waals surface area contributed by atoms with E-state index < -0.39 is 5.97 Å². The number of allylic oxidation sites excluding steroid dienone is 1. The fourth-order valence-electron chi connectivity index (χ4n) is 1.09. The summed E-state index contributed by atoms with van der Waals surface area (Å²) < 4.78 is 4.79. The van der Waals surface area contributed by atoms with E-state index in [0.29, 0.717) is 13.2 Å². The van der Waals surface area contributed by atoms with E-state index in [4.69, 9.17) is 4.74 Å². The van der Waals surface area contributed by atoms with Gasteiger partial charge >= 0.3 is 5.97 Å². The lowest BCUT2D eigenvalue weighted by atomic mass is 10.3. The second-order valence-electron chi connectivity index (χ2n) is 3.53. The maximum absolute atomic E-state index is 11.7. The molecule has 0 N–H and O–H groups in total. The van der Waals surface area contributed by atoms with Crippen molar-refractivity contribution in [3.63, 3.8) is 0 Å². The fourth-order valence-corrected chi connectivity index (χ4v) is 1.09. The molecule has 0 aliphatic carbocycles. The van der Waals surface area contributed by atoms with Crippen LogP contribution in [-0.4, -0.2) is 36.5 Å². The van der Waals surface area contributed by atoms with Crippen molar-refractivity contribution in [3.8, 4) is 0 Å². The van der Waals surface area contributed by atoms with E-state index in [0.717, 1.165) is 5.57 Å². The van der Waals surface area contributed by atoms with Crippen molar-refractivity contribution >= 4 is 11.9 Å². The molecule has 0 atom stereocenters. The summed E-state index contributed by atoms with van der Waals surface area (Å²) in [6.07, 6.45) is 3.07. The number of ether oxygens (including phenoxy) is 1. The molecule has 0 saturated heterocycles. The van der Waals surface area contributed by atoms with Crippen LogP contribution in [0.15, 0.2) is 24.3 Å². The second-order valence-corrected chi connectivity index (χ2v) is 3.53. The van der Waals surface area contributed by atoms with Crippen LogP contribution < -0.4 is 0 Å². The molecule has 4 nitrogen and oxygen atoms in total. The molecule has 0 heterocycles. The Morgan fingerprint density at radius 3 is 2.44 bits per heavy atom. The van der Waals surface area contributed by atoms with Gasteiger partial charge in [-0.25, -0.2) is 0 Å². The fraction of sp³-hybridized carbons (Fsp3) is 0.500. The molecule has 0 bridgehead atoms. The highest BCUT2D eigenvalue weighted by Crippen LogP contribution is 1.97. The third kappa shape index (κ3) is 6.01. The Morgan fingerprint density at radius 1 is 1.38 bits per heavy atom. The Bertz CT molecular complexity index is 291. The van der Waals surface area contributed by atoms with Gasteiger partial charge < -0.3 is 9.64 Å². The van der Waals surface area contributed by atoms with Gasteiger partial charge in [-0.3, -0.25) is 9.59 Å². The molecule has 0 radical (unpaired) electrons. The molecule has 1 amide bonds. The van der Waals surface area contributed by atoms with E-state index in [2.05, 4.69) is 6.58 Å². The summed E-state index contributed by atoms with van der Waals surface area (Å²) in [5, 5.41) is 0. The van der Waals surface area contributed by atoms with E-state index in [-0.39, 0.29) is 12.5 Å². The minimum absolute atomic E-state index is 0.0392. The lowest BCUT2D eigenvalue weighted by Gasteiger charge is -2.18. The third-order valence-corrected chi connectivity index (χ3v) is 1.70. The normalized spacial score (nSPS) is 9.19. The van der Waals surface area contributed by atoms with Crippen molar-refractivity contribution < 1.29 is 14.3 Å². The average Bonchev–Trinajstić information content (AvgIpc) is 2.16. The van der Waals surface area contributed by atoms with Gasteiger partial charge in [0.1, 0.15) is 6.54 Å². The van der Waals surface area contributed by atoms with Crippen LogP contribution in [0.3, 0.4) is 0 Å². The monoisotopic (exact) mass is 225 g/mol. The van der Waals surface area contributed by atoms with Crippen LogP contribution in [0.4, 0.5) is 0 Å². The SMILES string of the molecule is C=CCN(CC(=O)OCC)C(=O)C=C(C)C. The molecule has 0 spiro atoms. The summed E-state index contributed by atoms with van der Waals surface area (Å²) in [7, 11) is 0. The predicted octanol–water partition coefficient (Wildman–Crippen LogP) is 1.53. The molecule has 0 rings (SSSR count). The molecule has 90 valence electrons. The number of hydrogen-bond acceptors (Lipinski definition) is 3. The zero-order chi connectivity index (χ0) is 12.6. The highest BCUT2D eigenvalue weighted by molar-refractivity contribution is 5.90. The van der Waals surface area contributed by atoms with Crippen molar-refractivity contribution in [2.45, 2.75) is 20.8 Å². The van der Waals surface area contributed by atoms with E-state index >= 15 is 0 Å². The summed E-state index contributed by atoms with van der Waals surface area (Å²) in [6.45, 7) is 9.55. The number of amides is 1. The first-order chi connectivity index (χ1) is 7.51. The number of carbonyl (C=O) groups is 2. The zero-order valence-corrected chi connectivity index (χ0v) is 10.2. The predicted molar refractivity (Wildman–Crippen MR) is 62.8 cm³/mol. The van der Waals surface area contributed by atoms with Crippen LogP contribution in [0, 0.1) is 0 Å². The summed E-state index contributed by atoms with van der Waals surface area (Å²) >= 11 is 0.